The van der Waals surface area contributed by atoms with Gasteiger partial charge >= 0.3 is 12.1 Å². The van der Waals surface area contributed by atoms with Crippen molar-refractivity contribution in [3.05, 3.63) is 18.2 Å². The van der Waals surface area contributed by atoms with Crippen LogP contribution in [0.3, 0.4) is 0 Å². The maximum atomic E-state index is 12.5. The molecule has 1 saturated heterocycles. The van der Waals surface area contributed by atoms with Gasteiger partial charge < -0.3 is 38.7 Å². The summed E-state index contributed by atoms with van der Waals surface area (Å²) in [5.74, 6) is -0.112. The second-order valence-corrected chi connectivity index (χ2v) is 26.6. The number of carbonyl (C=O) groups is 3. The number of amides is 2. The summed E-state index contributed by atoms with van der Waals surface area (Å²) < 4.78 is 33.0. The Labute approximate surface area is 281 Å². The third kappa shape index (κ3) is 10.8. The van der Waals surface area contributed by atoms with Gasteiger partial charge in [0.2, 0.25) is 0 Å². The topological polar surface area (TPSA) is 153 Å². The van der Waals surface area contributed by atoms with E-state index in [0.717, 1.165) is 0 Å². The van der Waals surface area contributed by atoms with Gasteiger partial charge in [-0.15, -0.1) is 0 Å². The number of primary amides is 1. The van der Waals surface area contributed by atoms with Gasteiger partial charge in [-0.3, -0.25) is 4.79 Å². The summed E-state index contributed by atoms with van der Waals surface area (Å²) in [5, 5.41) is 2.48. The number of aromatic nitrogens is 2. The van der Waals surface area contributed by atoms with Crippen molar-refractivity contribution >= 4 is 46.4 Å². The van der Waals surface area contributed by atoms with Gasteiger partial charge in [0.25, 0.3) is 5.91 Å². The molecule has 264 valence electrons. The largest absolute Gasteiger partial charge is 0.467 e. The number of carbonyl (C=O) groups excluding carboxylic acids is 3. The Balaban J connectivity index is 2.39. The monoisotopic (exact) mass is 702 g/mol. The highest BCUT2D eigenvalue weighted by atomic mass is 32.2. The summed E-state index contributed by atoms with van der Waals surface area (Å²) >= 11 is 1.58. The number of imidazole rings is 1. The molecule has 1 aliphatic heterocycles. The number of ether oxygens (including phenoxy) is 3. The smallest absolute Gasteiger partial charge is 0.408 e. The number of nitrogens with one attached hydrogen (secondary N) is 1. The van der Waals surface area contributed by atoms with E-state index in [-0.39, 0.29) is 21.9 Å². The van der Waals surface area contributed by atoms with Crippen molar-refractivity contribution in [3.63, 3.8) is 0 Å². The highest BCUT2D eigenvalue weighted by Gasteiger charge is 2.54. The van der Waals surface area contributed by atoms with Crippen LogP contribution in [-0.4, -0.2) is 92.7 Å². The first-order chi connectivity index (χ1) is 20.8. The second kappa shape index (κ2) is 15.1. The van der Waals surface area contributed by atoms with Crippen LogP contribution in [0.25, 0.3) is 0 Å². The molecule has 5 atom stereocenters. The average Bonchev–Trinajstić information content (AvgIpc) is 3.48. The molecule has 0 saturated carbocycles. The van der Waals surface area contributed by atoms with Gasteiger partial charge in [0.15, 0.2) is 22.9 Å². The van der Waals surface area contributed by atoms with Crippen molar-refractivity contribution < 1.29 is 37.4 Å². The fourth-order valence-electron chi connectivity index (χ4n) is 4.23. The fourth-order valence-corrected chi connectivity index (χ4v) is 7.90. The summed E-state index contributed by atoms with van der Waals surface area (Å²) in [5.41, 5.74) is 4.97. The van der Waals surface area contributed by atoms with Gasteiger partial charge in [0.05, 0.1) is 19.5 Å². The standard InChI is InChI=1S/C31H58N4O8SSi2/c1-29(2,3)41-28(38)34-20(27(37)39-10)15-16-44-18-22-23(42-45(11,12)30(4,5)6)24(43-46(13,14)31(7,8)9)26(40-22)35-17-21(25(32)36)33-19-35/h17,19-20,22-24,26H,15-16,18H2,1-14H3,(H2,32,36)(H,34,38)/t20-,22+,23+,24+,26+/m0/s1. The van der Waals surface area contributed by atoms with Gasteiger partial charge in [-0.25, -0.2) is 14.6 Å². The predicted octanol–water partition coefficient (Wildman–Crippen LogP) is 5.85. The number of rotatable bonds is 13. The third-order valence-corrected chi connectivity index (χ3v) is 19.0. The number of methoxy groups -OCH3 is 1. The summed E-state index contributed by atoms with van der Waals surface area (Å²) in [6, 6.07) is -0.864. The Morgan fingerprint density at radius 1 is 1.00 bits per heavy atom. The molecular weight excluding hydrogens is 645 g/mol. The molecule has 3 N–H and O–H groups in total. The number of alkyl carbamates (subject to hydrolysis) is 1. The Bertz CT molecular complexity index is 1210. The normalized spacial score (nSPS) is 22.0. The number of hydrogen-bond acceptors (Lipinski definition) is 10. The van der Waals surface area contributed by atoms with Crippen molar-refractivity contribution in [2.45, 2.75) is 141 Å². The molecule has 1 aromatic rings. The molecule has 2 rings (SSSR count). The minimum absolute atomic E-state index is 0.0699. The molecular formula is C31H58N4O8SSi2. The highest BCUT2D eigenvalue weighted by Crippen LogP contribution is 2.46. The van der Waals surface area contributed by atoms with E-state index in [9.17, 15) is 14.4 Å². The summed E-state index contributed by atoms with van der Waals surface area (Å²) in [4.78, 5) is 41.0. The van der Waals surface area contributed by atoms with Crippen molar-refractivity contribution in [3.8, 4) is 0 Å². The Morgan fingerprint density at radius 3 is 2.00 bits per heavy atom. The maximum absolute atomic E-state index is 12.5. The summed E-state index contributed by atoms with van der Waals surface area (Å²) in [7, 11) is -3.36. The number of esters is 1. The van der Waals surface area contributed by atoms with Gasteiger partial charge in [0, 0.05) is 11.9 Å². The zero-order valence-corrected chi connectivity index (χ0v) is 33.1. The first-order valence-electron chi connectivity index (χ1n) is 15.8. The van der Waals surface area contributed by atoms with Crippen molar-refractivity contribution in [1.82, 2.24) is 14.9 Å². The lowest BCUT2D eigenvalue weighted by molar-refractivity contribution is -0.143. The number of nitrogens with two attached hydrogens (primary N) is 1. The molecule has 15 heteroatoms. The van der Waals surface area contributed by atoms with E-state index in [4.69, 9.17) is 28.8 Å². The van der Waals surface area contributed by atoms with Gasteiger partial charge in [-0.05, 0) is 69.2 Å². The average molecular weight is 703 g/mol. The van der Waals surface area contributed by atoms with Crippen LogP contribution in [0.4, 0.5) is 4.79 Å². The molecule has 0 bridgehead atoms. The van der Waals surface area contributed by atoms with Crippen LogP contribution in [-0.2, 0) is 27.9 Å². The van der Waals surface area contributed by atoms with Crippen LogP contribution >= 0.6 is 11.8 Å². The second-order valence-electron chi connectivity index (χ2n) is 15.9. The van der Waals surface area contributed by atoms with Crippen LogP contribution in [0.5, 0.6) is 0 Å². The first-order valence-corrected chi connectivity index (χ1v) is 22.8. The summed E-state index contributed by atoms with van der Waals surface area (Å²) in [6.07, 6.45) is 0.912. The van der Waals surface area contributed by atoms with E-state index in [2.05, 4.69) is 78.0 Å². The van der Waals surface area contributed by atoms with Crippen molar-refractivity contribution in [2.75, 3.05) is 18.6 Å². The van der Waals surface area contributed by atoms with Crippen molar-refractivity contribution in [2.24, 2.45) is 5.73 Å². The lowest BCUT2D eigenvalue weighted by atomic mass is 10.1. The zero-order valence-electron chi connectivity index (χ0n) is 30.3. The third-order valence-electron chi connectivity index (χ3n) is 8.92. The quantitative estimate of drug-likeness (QED) is 0.145. The van der Waals surface area contributed by atoms with E-state index >= 15 is 0 Å². The minimum Gasteiger partial charge on any atom is -0.467 e. The molecule has 0 spiro atoms. The van der Waals surface area contributed by atoms with Gasteiger partial charge in [-0.2, -0.15) is 11.8 Å². The molecule has 0 aromatic carbocycles. The maximum Gasteiger partial charge on any atom is 0.408 e. The number of hydrogen-bond donors (Lipinski definition) is 2. The molecule has 1 aromatic heterocycles. The van der Waals surface area contributed by atoms with E-state index < -0.39 is 64.7 Å². The molecule has 0 unspecified atom stereocenters. The van der Waals surface area contributed by atoms with Gasteiger partial charge in [-0.1, -0.05) is 41.5 Å². The lowest BCUT2D eigenvalue weighted by Gasteiger charge is -2.44. The first kappa shape index (κ1) is 40.3. The molecule has 1 fully saturated rings. The van der Waals surface area contributed by atoms with Crippen LogP contribution in [0.1, 0.15) is 85.5 Å². The lowest BCUT2D eigenvalue weighted by Crippen LogP contribution is -2.53. The number of nitrogens with zero attached hydrogens (tertiary/aromatic N) is 2. The highest BCUT2D eigenvalue weighted by molar-refractivity contribution is 7.99. The molecule has 1 aliphatic rings. The van der Waals surface area contributed by atoms with Gasteiger partial charge in [0.1, 0.15) is 29.5 Å². The van der Waals surface area contributed by atoms with E-state index in [1.165, 1.54) is 7.11 Å². The molecule has 46 heavy (non-hydrogen) atoms. The van der Waals surface area contributed by atoms with E-state index in [0.29, 0.717) is 17.9 Å². The van der Waals surface area contributed by atoms with Crippen LogP contribution < -0.4 is 11.1 Å². The molecule has 2 amide bonds. The predicted molar refractivity (Wildman–Crippen MR) is 186 cm³/mol. The van der Waals surface area contributed by atoms with Crippen LogP contribution in [0.2, 0.25) is 36.3 Å². The summed E-state index contributed by atoms with van der Waals surface area (Å²) in [6.45, 7) is 27.2. The number of thioether (sulfide) groups is 1. The Hall–Kier alpha value is -1.92. The van der Waals surface area contributed by atoms with Crippen LogP contribution in [0.15, 0.2) is 12.5 Å². The molecule has 12 nitrogen and oxygen atoms in total. The fraction of sp³-hybridized carbons (Fsp3) is 0.806. The minimum atomic E-state index is -2.34. The molecule has 0 aliphatic carbocycles. The van der Waals surface area contributed by atoms with Crippen molar-refractivity contribution in [1.29, 1.82) is 0 Å². The SMILES string of the molecule is COC(=O)[C@H](CCSC[C@H]1O[C@@H](n2cnc(C(N)=O)c2)[C@H](O[Si](C)(C)C(C)(C)C)[C@@H]1O[Si](C)(C)C(C)(C)C)NC(=O)OC(C)(C)C. The molecule has 0 radical (unpaired) electrons. The molecule has 2 heterocycles. The van der Waals surface area contributed by atoms with E-state index in [1.54, 1.807) is 49.6 Å². The van der Waals surface area contributed by atoms with Crippen LogP contribution in [0, 0.1) is 0 Å². The van der Waals surface area contributed by atoms with E-state index in [1.807, 2.05) is 0 Å². The Kier molecular flexibility index (Phi) is 13.2. The Morgan fingerprint density at radius 2 is 1.54 bits per heavy atom. The zero-order chi connectivity index (χ0) is 35.5.